The first-order valence-corrected chi connectivity index (χ1v) is 6.72. The van der Waals surface area contributed by atoms with Crippen LogP contribution in [0.1, 0.15) is 46.0 Å². The van der Waals surface area contributed by atoms with Crippen LogP contribution < -0.4 is 5.73 Å². The Labute approximate surface area is 100 Å². The highest BCUT2D eigenvalue weighted by Crippen LogP contribution is 2.12. The van der Waals surface area contributed by atoms with Crippen molar-refractivity contribution in [3.8, 4) is 0 Å². The van der Waals surface area contributed by atoms with Gasteiger partial charge in [0.15, 0.2) is 0 Å². The van der Waals surface area contributed by atoms with Crippen LogP contribution in [-0.2, 0) is 0 Å². The van der Waals surface area contributed by atoms with Crippen molar-refractivity contribution in [3.05, 3.63) is 0 Å². The van der Waals surface area contributed by atoms with E-state index < -0.39 is 0 Å². The van der Waals surface area contributed by atoms with E-state index in [2.05, 4.69) is 23.7 Å². The lowest BCUT2D eigenvalue weighted by molar-refractivity contribution is 0.454. The molecule has 0 radical (unpaired) electrons. The van der Waals surface area contributed by atoms with Crippen molar-refractivity contribution >= 4 is 5.84 Å². The molecule has 16 heavy (non-hydrogen) atoms. The third-order valence-corrected chi connectivity index (χ3v) is 3.11. The largest absolute Gasteiger partial charge is 0.357 e. The van der Waals surface area contributed by atoms with Gasteiger partial charge in [-0.1, -0.05) is 33.1 Å². The van der Waals surface area contributed by atoms with E-state index in [0.717, 1.165) is 38.5 Å². The maximum atomic E-state index is 5.58. The van der Waals surface area contributed by atoms with E-state index in [1.165, 1.54) is 31.5 Å². The molecule has 0 bridgehead atoms. The van der Waals surface area contributed by atoms with Gasteiger partial charge in [0.25, 0.3) is 0 Å². The van der Waals surface area contributed by atoms with Crippen molar-refractivity contribution in [2.24, 2.45) is 16.6 Å². The summed E-state index contributed by atoms with van der Waals surface area (Å²) in [7, 11) is 0. The van der Waals surface area contributed by atoms with E-state index in [1.54, 1.807) is 0 Å². The average Bonchev–Trinajstić information content (AvgIpc) is 2.65. The van der Waals surface area contributed by atoms with E-state index in [4.69, 9.17) is 5.73 Å². The second-order valence-corrected chi connectivity index (χ2v) is 5.07. The molecule has 1 aliphatic heterocycles. The summed E-state index contributed by atoms with van der Waals surface area (Å²) in [5.74, 6) is 2.15. The SMILES string of the molecule is CC(C)CCCCCC1=NCCN1CCN. The van der Waals surface area contributed by atoms with Crippen LogP contribution in [0.15, 0.2) is 4.99 Å². The van der Waals surface area contributed by atoms with E-state index in [9.17, 15) is 0 Å². The van der Waals surface area contributed by atoms with Gasteiger partial charge in [-0.15, -0.1) is 0 Å². The molecular weight excluding hydrogens is 198 g/mol. The molecule has 0 aromatic carbocycles. The van der Waals surface area contributed by atoms with Gasteiger partial charge < -0.3 is 10.6 Å². The smallest absolute Gasteiger partial charge is 0.0990 e. The Balaban J connectivity index is 2.08. The molecular formula is C13H27N3. The number of unbranched alkanes of at least 4 members (excludes halogenated alkanes) is 2. The number of nitrogens with two attached hydrogens (primary N) is 1. The minimum absolute atomic E-state index is 0.742. The second kappa shape index (κ2) is 7.66. The topological polar surface area (TPSA) is 41.6 Å². The lowest BCUT2D eigenvalue weighted by Gasteiger charge is -2.19. The van der Waals surface area contributed by atoms with Crippen LogP contribution in [-0.4, -0.2) is 36.9 Å². The molecule has 0 fully saturated rings. The second-order valence-electron chi connectivity index (χ2n) is 5.07. The van der Waals surface area contributed by atoms with Crippen LogP contribution in [0.3, 0.4) is 0 Å². The minimum atomic E-state index is 0.742. The van der Waals surface area contributed by atoms with Gasteiger partial charge in [0, 0.05) is 26.1 Å². The number of nitrogens with zero attached hydrogens (tertiary/aromatic N) is 2. The predicted molar refractivity (Wildman–Crippen MR) is 70.9 cm³/mol. The molecule has 1 rings (SSSR count). The minimum Gasteiger partial charge on any atom is -0.357 e. The zero-order valence-electron chi connectivity index (χ0n) is 10.9. The van der Waals surface area contributed by atoms with Gasteiger partial charge in [-0.05, 0) is 12.3 Å². The molecule has 0 unspecified atom stereocenters. The Morgan fingerprint density at radius 2 is 2.12 bits per heavy atom. The van der Waals surface area contributed by atoms with Crippen LogP contribution in [0.5, 0.6) is 0 Å². The standard InChI is InChI=1S/C13H27N3/c1-12(2)6-4-3-5-7-13-15-9-11-16(13)10-8-14/h12H,3-11,14H2,1-2H3. The highest BCUT2D eigenvalue weighted by molar-refractivity contribution is 5.83. The Morgan fingerprint density at radius 3 is 2.81 bits per heavy atom. The van der Waals surface area contributed by atoms with Crippen molar-refractivity contribution in [3.63, 3.8) is 0 Å². The first-order valence-electron chi connectivity index (χ1n) is 6.72. The molecule has 0 saturated carbocycles. The molecule has 3 heteroatoms. The van der Waals surface area contributed by atoms with Crippen molar-refractivity contribution in [1.82, 2.24) is 4.90 Å². The number of hydrogen-bond acceptors (Lipinski definition) is 3. The van der Waals surface area contributed by atoms with Gasteiger partial charge in [-0.25, -0.2) is 0 Å². The maximum absolute atomic E-state index is 5.58. The fourth-order valence-electron chi connectivity index (χ4n) is 2.18. The maximum Gasteiger partial charge on any atom is 0.0990 e. The molecule has 94 valence electrons. The number of aliphatic imine (C=N–C) groups is 1. The molecule has 0 spiro atoms. The Kier molecular flexibility index (Phi) is 6.46. The lowest BCUT2D eigenvalue weighted by atomic mass is 10.0. The third-order valence-electron chi connectivity index (χ3n) is 3.11. The lowest BCUT2D eigenvalue weighted by Crippen LogP contribution is -2.32. The summed E-state index contributed by atoms with van der Waals surface area (Å²) in [4.78, 5) is 6.91. The van der Waals surface area contributed by atoms with Crippen LogP contribution in [0, 0.1) is 5.92 Å². The fourth-order valence-corrected chi connectivity index (χ4v) is 2.18. The van der Waals surface area contributed by atoms with Gasteiger partial charge in [0.1, 0.15) is 0 Å². The van der Waals surface area contributed by atoms with Crippen LogP contribution in [0.2, 0.25) is 0 Å². The Hall–Kier alpha value is -0.570. The number of amidine groups is 1. The average molecular weight is 225 g/mol. The van der Waals surface area contributed by atoms with Gasteiger partial charge >= 0.3 is 0 Å². The monoisotopic (exact) mass is 225 g/mol. The summed E-state index contributed by atoms with van der Waals surface area (Å²) in [6.07, 6.45) is 6.50. The summed E-state index contributed by atoms with van der Waals surface area (Å²) in [5, 5.41) is 0. The van der Waals surface area contributed by atoms with Crippen molar-refractivity contribution in [1.29, 1.82) is 0 Å². The highest BCUT2D eigenvalue weighted by atomic mass is 15.2. The molecule has 1 aliphatic rings. The van der Waals surface area contributed by atoms with Crippen molar-refractivity contribution in [2.45, 2.75) is 46.0 Å². The Bertz CT molecular complexity index is 211. The molecule has 0 amide bonds. The first-order chi connectivity index (χ1) is 7.74. The molecule has 0 aromatic rings. The summed E-state index contributed by atoms with van der Waals surface area (Å²) >= 11 is 0. The molecule has 2 N–H and O–H groups in total. The quantitative estimate of drug-likeness (QED) is 0.644. The summed E-state index contributed by atoms with van der Waals surface area (Å²) in [5.41, 5.74) is 5.58. The number of hydrogen-bond donors (Lipinski definition) is 1. The van der Waals surface area contributed by atoms with Crippen LogP contribution in [0.25, 0.3) is 0 Å². The van der Waals surface area contributed by atoms with Gasteiger partial charge in [-0.3, -0.25) is 4.99 Å². The van der Waals surface area contributed by atoms with Crippen molar-refractivity contribution in [2.75, 3.05) is 26.2 Å². The van der Waals surface area contributed by atoms with Crippen LogP contribution >= 0.6 is 0 Å². The summed E-state index contributed by atoms with van der Waals surface area (Å²) in [6, 6.07) is 0. The zero-order valence-corrected chi connectivity index (χ0v) is 10.9. The van der Waals surface area contributed by atoms with E-state index >= 15 is 0 Å². The molecule has 0 atom stereocenters. The van der Waals surface area contributed by atoms with Gasteiger partial charge in [0.05, 0.1) is 12.4 Å². The third kappa shape index (κ3) is 4.97. The summed E-state index contributed by atoms with van der Waals surface area (Å²) < 4.78 is 0. The zero-order chi connectivity index (χ0) is 11.8. The molecule has 3 nitrogen and oxygen atoms in total. The van der Waals surface area contributed by atoms with Crippen LogP contribution in [0.4, 0.5) is 0 Å². The molecule has 0 saturated heterocycles. The normalized spacial score (nSPS) is 16.0. The van der Waals surface area contributed by atoms with Crippen molar-refractivity contribution < 1.29 is 0 Å². The first kappa shape index (κ1) is 13.5. The molecule has 1 heterocycles. The predicted octanol–water partition coefficient (Wildman–Crippen LogP) is 2.27. The van der Waals surface area contributed by atoms with Gasteiger partial charge in [-0.2, -0.15) is 0 Å². The number of rotatable bonds is 8. The van der Waals surface area contributed by atoms with E-state index in [0.29, 0.717) is 0 Å². The van der Waals surface area contributed by atoms with E-state index in [1.807, 2.05) is 0 Å². The van der Waals surface area contributed by atoms with Gasteiger partial charge in [0.2, 0.25) is 0 Å². The Morgan fingerprint density at radius 1 is 1.31 bits per heavy atom. The molecule has 0 aromatic heterocycles. The summed E-state index contributed by atoms with van der Waals surface area (Å²) in [6.45, 7) is 8.37. The fraction of sp³-hybridized carbons (Fsp3) is 0.923. The van der Waals surface area contributed by atoms with E-state index in [-0.39, 0.29) is 0 Å². The molecule has 0 aliphatic carbocycles. The highest BCUT2D eigenvalue weighted by Gasteiger charge is 2.14.